The van der Waals surface area contributed by atoms with Crippen molar-refractivity contribution in [3.05, 3.63) is 40.5 Å². The van der Waals surface area contributed by atoms with Crippen molar-refractivity contribution in [2.45, 2.75) is 17.2 Å². The van der Waals surface area contributed by atoms with Gasteiger partial charge in [0, 0.05) is 22.5 Å². The molecule has 2 aromatic rings. The van der Waals surface area contributed by atoms with Crippen molar-refractivity contribution in [1.82, 2.24) is 9.97 Å². The van der Waals surface area contributed by atoms with Crippen LogP contribution < -0.4 is 5.73 Å². The van der Waals surface area contributed by atoms with E-state index < -0.39 is 0 Å². The quantitative estimate of drug-likeness (QED) is 0.670. The van der Waals surface area contributed by atoms with Crippen molar-refractivity contribution < 1.29 is 0 Å². The second-order valence-corrected chi connectivity index (χ2v) is 5.88. The van der Waals surface area contributed by atoms with Crippen LogP contribution in [0.1, 0.15) is 15.0 Å². The fraction of sp³-hybridized carbons (Fsp3) is 0.273. The highest BCUT2D eigenvalue weighted by Gasteiger charge is 2.13. The monoisotopic (exact) mass is 251 g/mol. The number of nitrogens with zero attached hydrogens (tertiary/aromatic N) is 2. The van der Waals surface area contributed by atoms with E-state index in [0.717, 1.165) is 5.03 Å². The molecule has 2 heterocycles. The maximum Gasteiger partial charge on any atom is 0.116 e. The van der Waals surface area contributed by atoms with Gasteiger partial charge in [-0.05, 0) is 25.1 Å². The zero-order valence-electron chi connectivity index (χ0n) is 8.96. The molecule has 2 aromatic heterocycles. The van der Waals surface area contributed by atoms with E-state index in [1.807, 2.05) is 6.07 Å². The first-order valence-electron chi connectivity index (χ1n) is 4.98. The Kier molecular flexibility index (Phi) is 3.93. The van der Waals surface area contributed by atoms with Crippen LogP contribution in [0.4, 0.5) is 0 Å². The molecule has 3 nitrogen and oxygen atoms in total. The first-order chi connectivity index (χ1) is 7.79. The van der Waals surface area contributed by atoms with Gasteiger partial charge in [-0.15, -0.1) is 11.3 Å². The van der Waals surface area contributed by atoms with Gasteiger partial charge < -0.3 is 5.73 Å². The van der Waals surface area contributed by atoms with E-state index in [4.69, 9.17) is 5.73 Å². The van der Waals surface area contributed by atoms with Crippen LogP contribution in [0.5, 0.6) is 0 Å². The number of thioether (sulfide) groups is 1. The number of rotatable bonds is 4. The van der Waals surface area contributed by atoms with Crippen molar-refractivity contribution in [3.8, 4) is 0 Å². The third-order valence-corrected chi connectivity index (χ3v) is 4.59. The summed E-state index contributed by atoms with van der Waals surface area (Å²) >= 11 is 3.48. The molecule has 0 aliphatic rings. The van der Waals surface area contributed by atoms with Gasteiger partial charge in [0.2, 0.25) is 0 Å². The smallest absolute Gasteiger partial charge is 0.116 e. The third-order valence-electron chi connectivity index (χ3n) is 2.11. The predicted molar refractivity (Wildman–Crippen MR) is 68.7 cm³/mol. The van der Waals surface area contributed by atoms with Gasteiger partial charge >= 0.3 is 0 Å². The fourth-order valence-corrected chi connectivity index (χ4v) is 3.33. The van der Waals surface area contributed by atoms with Gasteiger partial charge in [0.15, 0.2) is 0 Å². The molecule has 5 heteroatoms. The molecule has 0 radical (unpaired) electrons. The Morgan fingerprint density at radius 2 is 2.31 bits per heavy atom. The maximum absolute atomic E-state index is 5.80. The van der Waals surface area contributed by atoms with E-state index in [0.29, 0.717) is 6.54 Å². The van der Waals surface area contributed by atoms with Crippen molar-refractivity contribution in [3.63, 3.8) is 0 Å². The van der Waals surface area contributed by atoms with Gasteiger partial charge in [0.25, 0.3) is 0 Å². The summed E-state index contributed by atoms with van der Waals surface area (Å²) < 4.78 is 0. The number of hydrogen-bond donors (Lipinski definition) is 1. The second-order valence-electron chi connectivity index (χ2n) is 3.34. The van der Waals surface area contributed by atoms with Crippen molar-refractivity contribution in [2.75, 3.05) is 6.54 Å². The van der Waals surface area contributed by atoms with E-state index in [-0.39, 0.29) is 5.25 Å². The summed E-state index contributed by atoms with van der Waals surface area (Å²) in [5.74, 6) is 0. The molecule has 84 valence electrons. The lowest BCUT2D eigenvalue weighted by molar-refractivity contribution is 0.948. The lowest BCUT2D eigenvalue weighted by Gasteiger charge is -2.11. The Morgan fingerprint density at radius 3 is 2.88 bits per heavy atom. The summed E-state index contributed by atoms with van der Waals surface area (Å²) in [5.41, 5.74) is 5.80. The fourth-order valence-electron chi connectivity index (χ4n) is 1.34. The zero-order valence-corrected chi connectivity index (χ0v) is 10.6. The Labute approximate surface area is 103 Å². The van der Waals surface area contributed by atoms with Crippen LogP contribution in [0.3, 0.4) is 0 Å². The molecule has 0 bridgehead atoms. The lowest BCUT2D eigenvalue weighted by Crippen LogP contribution is -2.08. The van der Waals surface area contributed by atoms with Crippen LogP contribution in [-0.2, 0) is 0 Å². The van der Waals surface area contributed by atoms with Crippen LogP contribution in [0.25, 0.3) is 0 Å². The minimum atomic E-state index is 0.286. The van der Waals surface area contributed by atoms with Gasteiger partial charge in [0.1, 0.15) is 11.4 Å². The Bertz CT molecular complexity index is 442. The molecule has 1 unspecified atom stereocenters. The molecule has 0 fully saturated rings. The van der Waals surface area contributed by atoms with Crippen LogP contribution in [-0.4, -0.2) is 16.5 Å². The molecule has 0 aliphatic heterocycles. The van der Waals surface area contributed by atoms with E-state index >= 15 is 0 Å². The molecule has 0 spiro atoms. The average molecular weight is 251 g/mol. The topological polar surface area (TPSA) is 51.8 Å². The van der Waals surface area contributed by atoms with Gasteiger partial charge in [-0.1, -0.05) is 11.8 Å². The van der Waals surface area contributed by atoms with Crippen LogP contribution in [0.15, 0.2) is 35.7 Å². The summed E-state index contributed by atoms with van der Waals surface area (Å²) in [4.78, 5) is 10.7. The highest BCUT2D eigenvalue weighted by atomic mass is 32.2. The molecule has 2 rings (SSSR count). The highest BCUT2D eigenvalue weighted by Crippen LogP contribution is 2.36. The van der Waals surface area contributed by atoms with Gasteiger partial charge in [-0.3, -0.25) is 0 Å². The first-order valence-corrected chi connectivity index (χ1v) is 6.68. The van der Waals surface area contributed by atoms with Crippen LogP contribution in [0.2, 0.25) is 0 Å². The normalized spacial score (nSPS) is 12.6. The standard InChI is InChI=1S/C11H13N3S2/c1-8-2-3-9(15-8)10(6-12)16-11-4-5-13-7-14-11/h2-5,7,10H,6,12H2,1H3. The minimum Gasteiger partial charge on any atom is -0.329 e. The highest BCUT2D eigenvalue weighted by molar-refractivity contribution is 7.99. The summed E-state index contributed by atoms with van der Waals surface area (Å²) in [6, 6.07) is 6.18. The van der Waals surface area contributed by atoms with E-state index in [1.54, 1.807) is 35.6 Å². The SMILES string of the molecule is Cc1ccc(C(CN)Sc2ccncn2)s1. The van der Waals surface area contributed by atoms with E-state index in [9.17, 15) is 0 Å². The first kappa shape index (κ1) is 11.6. The van der Waals surface area contributed by atoms with Crippen LogP contribution in [0, 0.1) is 6.92 Å². The second kappa shape index (κ2) is 5.43. The molecule has 0 saturated heterocycles. The lowest BCUT2D eigenvalue weighted by atomic mass is 10.3. The summed E-state index contributed by atoms with van der Waals surface area (Å²) in [7, 11) is 0. The minimum absolute atomic E-state index is 0.286. The molecule has 16 heavy (non-hydrogen) atoms. The Morgan fingerprint density at radius 1 is 1.44 bits per heavy atom. The van der Waals surface area contributed by atoms with Crippen molar-refractivity contribution >= 4 is 23.1 Å². The maximum atomic E-state index is 5.80. The summed E-state index contributed by atoms with van der Waals surface area (Å²) in [6.07, 6.45) is 3.32. The predicted octanol–water partition coefficient (Wildman–Crippen LogP) is 2.64. The third kappa shape index (κ3) is 2.81. The van der Waals surface area contributed by atoms with Gasteiger partial charge in [-0.25, -0.2) is 9.97 Å². The largest absolute Gasteiger partial charge is 0.329 e. The molecular weight excluding hydrogens is 238 g/mol. The molecule has 0 aromatic carbocycles. The van der Waals surface area contributed by atoms with E-state index in [2.05, 4.69) is 29.0 Å². The number of hydrogen-bond acceptors (Lipinski definition) is 5. The molecule has 0 saturated carbocycles. The zero-order chi connectivity index (χ0) is 11.4. The Balaban J connectivity index is 2.12. The number of thiophene rings is 1. The van der Waals surface area contributed by atoms with Gasteiger partial charge in [0.05, 0.1) is 5.25 Å². The number of nitrogens with two attached hydrogens (primary N) is 1. The molecule has 1 atom stereocenters. The Hall–Kier alpha value is -0.910. The summed E-state index contributed by atoms with van der Waals surface area (Å²) in [6.45, 7) is 2.73. The van der Waals surface area contributed by atoms with Crippen LogP contribution >= 0.6 is 23.1 Å². The van der Waals surface area contributed by atoms with E-state index in [1.165, 1.54) is 9.75 Å². The molecule has 0 amide bonds. The molecular formula is C11H13N3S2. The number of aryl methyl sites for hydroxylation is 1. The van der Waals surface area contributed by atoms with Crippen molar-refractivity contribution in [1.29, 1.82) is 0 Å². The summed E-state index contributed by atoms with van der Waals surface area (Å²) in [5, 5.41) is 1.25. The van der Waals surface area contributed by atoms with Crippen molar-refractivity contribution in [2.24, 2.45) is 5.73 Å². The number of aromatic nitrogens is 2. The molecule has 0 aliphatic carbocycles. The molecule has 2 N–H and O–H groups in total. The van der Waals surface area contributed by atoms with Gasteiger partial charge in [-0.2, -0.15) is 0 Å². The average Bonchev–Trinajstić information content (AvgIpc) is 2.74.